The number of rotatable bonds is 3. The Balaban J connectivity index is 0.00000162. The topological polar surface area (TPSA) is 3.24 Å². The molecule has 1 aromatic rings. The summed E-state index contributed by atoms with van der Waals surface area (Å²) >= 11 is 0. The summed E-state index contributed by atoms with van der Waals surface area (Å²) in [6.45, 7) is 10.5. The van der Waals surface area contributed by atoms with Crippen molar-refractivity contribution < 1.29 is 0 Å². The molecule has 1 heterocycles. The summed E-state index contributed by atoms with van der Waals surface area (Å²) < 4.78 is 0. The maximum atomic E-state index is 2.63. The van der Waals surface area contributed by atoms with Crippen molar-refractivity contribution in [2.24, 2.45) is 0 Å². The quantitative estimate of drug-likeness (QED) is 0.789. The van der Waals surface area contributed by atoms with Gasteiger partial charge in [-0.3, -0.25) is 0 Å². The highest BCUT2D eigenvalue weighted by Gasteiger charge is 2.20. The first-order chi connectivity index (χ1) is 8.20. The maximum Gasteiger partial charge on any atom is 0.00503 e. The van der Waals surface area contributed by atoms with Crippen LogP contribution in [0.1, 0.15) is 48.8 Å². The van der Waals surface area contributed by atoms with Crippen molar-refractivity contribution in [3.8, 4) is 0 Å². The number of benzene rings is 1. The van der Waals surface area contributed by atoms with Gasteiger partial charge in [-0.25, -0.2) is 0 Å². The van der Waals surface area contributed by atoms with Crippen LogP contribution in [0.15, 0.2) is 18.2 Å². The normalized spacial score (nSPS) is 20.5. The Labute approximate surface area is 118 Å². The number of hydrogen-bond donors (Lipinski definition) is 0. The van der Waals surface area contributed by atoms with Gasteiger partial charge in [-0.15, -0.1) is 12.4 Å². The fourth-order valence-electron chi connectivity index (χ4n) is 2.87. The van der Waals surface area contributed by atoms with E-state index in [0.29, 0.717) is 0 Å². The highest BCUT2D eigenvalue weighted by atomic mass is 35.5. The summed E-state index contributed by atoms with van der Waals surface area (Å²) in [5.74, 6) is 0.759. The fraction of sp³-hybridized carbons (Fsp3) is 0.625. The molecule has 2 heteroatoms. The summed E-state index contributed by atoms with van der Waals surface area (Å²) in [4.78, 5) is 2.63. The summed E-state index contributed by atoms with van der Waals surface area (Å²) in [6.07, 6.45) is 4.00. The molecule has 0 saturated carbocycles. The lowest BCUT2D eigenvalue weighted by Crippen LogP contribution is -2.34. The summed E-state index contributed by atoms with van der Waals surface area (Å²) in [5, 5.41) is 0. The molecule has 0 aliphatic carbocycles. The van der Waals surface area contributed by atoms with Gasteiger partial charge < -0.3 is 4.90 Å². The predicted molar refractivity (Wildman–Crippen MR) is 81.9 cm³/mol. The minimum absolute atomic E-state index is 0. The molecule has 1 aliphatic rings. The van der Waals surface area contributed by atoms with Crippen LogP contribution in [0.3, 0.4) is 0 Å². The van der Waals surface area contributed by atoms with Crippen molar-refractivity contribution in [1.29, 1.82) is 0 Å². The molecule has 2 rings (SSSR count). The number of halogens is 1. The molecule has 1 saturated heterocycles. The van der Waals surface area contributed by atoms with Crippen molar-refractivity contribution in [3.05, 3.63) is 34.9 Å². The van der Waals surface area contributed by atoms with E-state index in [0.717, 1.165) is 5.92 Å². The van der Waals surface area contributed by atoms with E-state index in [-0.39, 0.29) is 12.4 Å². The van der Waals surface area contributed by atoms with E-state index in [1.165, 1.54) is 50.0 Å². The van der Waals surface area contributed by atoms with Crippen molar-refractivity contribution in [2.75, 3.05) is 19.6 Å². The first-order valence-corrected chi connectivity index (χ1v) is 7.00. The number of aryl methyl sites for hydroxylation is 2. The average Bonchev–Trinajstić information content (AvgIpc) is 2.33. The highest BCUT2D eigenvalue weighted by Crippen LogP contribution is 2.28. The smallest absolute Gasteiger partial charge is 0.00503 e. The molecule has 1 aromatic carbocycles. The lowest BCUT2D eigenvalue weighted by molar-refractivity contribution is 0.208. The Morgan fingerprint density at radius 3 is 2.67 bits per heavy atom. The molecule has 1 atom stereocenters. The van der Waals surface area contributed by atoms with Crippen molar-refractivity contribution in [3.63, 3.8) is 0 Å². The van der Waals surface area contributed by atoms with Gasteiger partial charge in [-0.05, 0) is 68.8 Å². The largest absolute Gasteiger partial charge is 0.303 e. The van der Waals surface area contributed by atoms with Gasteiger partial charge in [0, 0.05) is 6.54 Å². The van der Waals surface area contributed by atoms with Gasteiger partial charge in [-0.2, -0.15) is 0 Å². The third kappa shape index (κ3) is 3.73. The Bertz CT molecular complexity index is 373. The second-order valence-electron chi connectivity index (χ2n) is 5.48. The molecule has 0 unspecified atom stereocenters. The predicted octanol–water partition coefficient (Wildman–Crippen LogP) is 4.31. The summed E-state index contributed by atoms with van der Waals surface area (Å²) in [6, 6.07) is 7.02. The van der Waals surface area contributed by atoms with E-state index in [1.807, 2.05) is 0 Å². The molecule has 18 heavy (non-hydrogen) atoms. The molecule has 0 N–H and O–H groups in total. The van der Waals surface area contributed by atoms with Crippen LogP contribution in [0, 0.1) is 13.8 Å². The second-order valence-corrected chi connectivity index (χ2v) is 5.48. The zero-order valence-electron chi connectivity index (χ0n) is 11.9. The molecule has 1 nitrogen and oxygen atoms in total. The Kier molecular flexibility index (Phi) is 6.17. The highest BCUT2D eigenvalue weighted by molar-refractivity contribution is 5.85. The van der Waals surface area contributed by atoms with Crippen LogP contribution in [-0.2, 0) is 0 Å². The second kappa shape index (κ2) is 7.16. The van der Waals surface area contributed by atoms with E-state index >= 15 is 0 Å². The SMILES string of the molecule is CCCN1CCC[C@@H](c2ccc(C)c(C)c2)C1.Cl. The van der Waals surface area contributed by atoms with Crippen molar-refractivity contribution in [2.45, 2.75) is 46.0 Å². The monoisotopic (exact) mass is 267 g/mol. The molecule has 0 aromatic heterocycles. The van der Waals surface area contributed by atoms with Crippen LogP contribution >= 0.6 is 12.4 Å². The zero-order valence-corrected chi connectivity index (χ0v) is 12.7. The molecule has 0 amide bonds. The lowest BCUT2D eigenvalue weighted by atomic mass is 9.89. The summed E-state index contributed by atoms with van der Waals surface area (Å²) in [7, 11) is 0. The van der Waals surface area contributed by atoms with Gasteiger partial charge in [0.15, 0.2) is 0 Å². The molecule has 102 valence electrons. The van der Waals surface area contributed by atoms with E-state index in [1.54, 1.807) is 5.56 Å². The summed E-state index contributed by atoms with van der Waals surface area (Å²) in [5.41, 5.74) is 4.40. The van der Waals surface area contributed by atoms with Crippen LogP contribution in [0.2, 0.25) is 0 Å². The fourth-order valence-corrected chi connectivity index (χ4v) is 2.87. The third-order valence-corrected chi connectivity index (χ3v) is 4.05. The lowest BCUT2D eigenvalue weighted by Gasteiger charge is -2.33. The van der Waals surface area contributed by atoms with Crippen LogP contribution in [0.5, 0.6) is 0 Å². The number of likely N-dealkylation sites (tertiary alicyclic amines) is 1. The minimum Gasteiger partial charge on any atom is -0.303 e. The van der Waals surface area contributed by atoms with Crippen molar-refractivity contribution in [1.82, 2.24) is 4.90 Å². The van der Waals surface area contributed by atoms with Gasteiger partial charge in [-0.1, -0.05) is 25.1 Å². The zero-order chi connectivity index (χ0) is 12.3. The molecule has 0 radical (unpaired) electrons. The van der Waals surface area contributed by atoms with Crippen LogP contribution in [0.25, 0.3) is 0 Å². The van der Waals surface area contributed by atoms with Crippen LogP contribution in [0.4, 0.5) is 0 Å². The molecular formula is C16H26ClN. The Hall–Kier alpha value is -0.530. The first-order valence-electron chi connectivity index (χ1n) is 7.00. The molecule has 1 aliphatic heterocycles. The van der Waals surface area contributed by atoms with Crippen LogP contribution < -0.4 is 0 Å². The average molecular weight is 268 g/mol. The maximum absolute atomic E-state index is 2.63. The van der Waals surface area contributed by atoms with E-state index in [4.69, 9.17) is 0 Å². The van der Waals surface area contributed by atoms with E-state index < -0.39 is 0 Å². The van der Waals surface area contributed by atoms with Crippen molar-refractivity contribution >= 4 is 12.4 Å². The van der Waals surface area contributed by atoms with Gasteiger partial charge in [0.05, 0.1) is 0 Å². The molecule has 1 fully saturated rings. The minimum atomic E-state index is 0. The molecular weight excluding hydrogens is 242 g/mol. The van der Waals surface area contributed by atoms with Gasteiger partial charge >= 0.3 is 0 Å². The standard InChI is InChI=1S/C16H25N.ClH/c1-4-9-17-10-5-6-16(12-17)15-8-7-13(2)14(3)11-15;/h7-8,11,16H,4-6,9-10,12H2,1-3H3;1H/t16-;/m1./s1. The van der Waals surface area contributed by atoms with Gasteiger partial charge in [0.2, 0.25) is 0 Å². The number of hydrogen-bond acceptors (Lipinski definition) is 1. The van der Waals surface area contributed by atoms with Gasteiger partial charge in [0.25, 0.3) is 0 Å². The number of piperidine rings is 1. The van der Waals surface area contributed by atoms with Crippen LogP contribution in [-0.4, -0.2) is 24.5 Å². The molecule has 0 spiro atoms. The number of nitrogens with zero attached hydrogens (tertiary/aromatic N) is 1. The van der Waals surface area contributed by atoms with E-state index in [2.05, 4.69) is 43.9 Å². The Morgan fingerprint density at radius 1 is 1.22 bits per heavy atom. The third-order valence-electron chi connectivity index (χ3n) is 4.05. The van der Waals surface area contributed by atoms with Gasteiger partial charge in [0.1, 0.15) is 0 Å². The van der Waals surface area contributed by atoms with E-state index in [9.17, 15) is 0 Å². The Morgan fingerprint density at radius 2 is 2.00 bits per heavy atom. The molecule has 0 bridgehead atoms. The first kappa shape index (κ1) is 15.5.